The second-order valence-electron chi connectivity index (χ2n) is 11.0. The second kappa shape index (κ2) is 10.1. The van der Waals surface area contributed by atoms with E-state index in [0.717, 1.165) is 22.5 Å². The van der Waals surface area contributed by atoms with E-state index < -0.39 is 0 Å². The van der Waals surface area contributed by atoms with Gasteiger partial charge in [-0.2, -0.15) is 0 Å². The van der Waals surface area contributed by atoms with Crippen LogP contribution in [0.1, 0.15) is 63.8 Å². The largest absolute Gasteiger partial charge is 0.507 e. The lowest BCUT2D eigenvalue weighted by atomic mass is 9.79. The molecule has 0 aliphatic heterocycles. The highest BCUT2D eigenvalue weighted by atomic mass is 35.5. The summed E-state index contributed by atoms with van der Waals surface area (Å²) in [6, 6.07) is 15.1. The van der Waals surface area contributed by atoms with Crippen molar-refractivity contribution in [3.05, 3.63) is 80.8 Å². The van der Waals surface area contributed by atoms with Crippen LogP contribution in [0.5, 0.6) is 11.5 Å². The second-order valence-corrected chi connectivity index (χ2v) is 11.8. The average molecular weight is 514 g/mol. The van der Waals surface area contributed by atoms with Crippen molar-refractivity contribution in [2.75, 3.05) is 11.9 Å². The average Bonchev–Trinajstić information content (AvgIpc) is 2.75. The molecule has 4 nitrogen and oxygen atoms in total. The fraction of sp³-hybridized carbons (Fsp3) is 0.345. The first-order valence-electron chi connectivity index (χ1n) is 11.6. The minimum absolute atomic E-state index is 0.0162. The summed E-state index contributed by atoms with van der Waals surface area (Å²) in [5, 5.41) is 22.2. The molecule has 0 bridgehead atoms. The molecule has 0 fully saturated rings. The molecular weight excluding hydrogens is 479 g/mol. The zero-order valence-corrected chi connectivity index (χ0v) is 23.0. The third-order valence-corrected chi connectivity index (χ3v) is 6.47. The van der Waals surface area contributed by atoms with Crippen molar-refractivity contribution >= 4 is 40.8 Å². The van der Waals surface area contributed by atoms with E-state index >= 15 is 0 Å². The van der Waals surface area contributed by atoms with Crippen LogP contribution >= 0.6 is 23.2 Å². The molecule has 0 atom stereocenters. The maximum atomic E-state index is 11.1. The maximum absolute atomic E-state index is 11.1. The summed E-state index contributed by atoms with van der Waals surface area (Å²) in [6.45, 7) is 13.2. The molecule has 2 N–H and O–H groups in total. The van der Waals surface area contributed by atoms with Crippen LogP contribution in [-0.2, 0) is 17.4 Å². The Morgan fingerprint density at radius 1 is 0.886 bits per heavy atom. The molecule has 0 aromatic heterocycles. The number of hydrogen-bond acceptors (Lipinski definition) is 4. The molecule has 3 rings (SSSR count). The highest BCUT2D eigenvalue weighted by Crippen LogP contribution is 2.38. The van der Waals surface area contributed by atoms with Gasteiger partial charge in [-0.05, 0) is 46.7 Å². The number of anilines is 1. The zero-order valence-electron chi connectivity index (χ0n) is 21.4. The number of halogens is 2. The molecule has 0 aliphatic rings. The van der Waals surface area contributed by atoms with Gasteiger partial charge >= 0.3 is 0 Å². The summed E-state index contributed by atoms with van der Waals surface area (Å²) in [6.07, 6.45) is 1.72. The molecular formula is C29H34Cl2N2O2. The van der Waals surface area contributed by atoms with Crippen molar-refractivity contribution < 1.29 is 10.2 Å². The number of hydrogen-bond donors (Lipinski definition) is 2. The van der Waals surface area contributed by atoms with Crippen LogP contribution in [0.25, 0.3) is 0 Å². The Morgan fingerprint density at radius 3 is 2.17 bits per heavy atom. The Bertz CT molecular complexity index is 1250. The Morgan fingerprint density at radius 2 is 1.54 bits per heavy atom. The van der Waals surface area contributed by atoms with Gasteiger partial charge in [-0.15, -0.1) is 0 Å². The summed E-state index contributed by atoms with van der Waals surface area (Å²) >= 11 is 12.2. The molecule has 3 aromatic rings. The highest BCUT2D eigenvalue weighted by Gasteiger charge is 2.24. The van der Waals surface area contributed by atoms with Gasteiger partial charge in [0.1, 0.15) is 11.5 Å². The molecule has 6 heteroatoms. The third-order valence-electron chi connectivity index (χ3n) is 5.96. The summed E-state index contributed by atoms with van der Waals surface area (Å²) in [7, 11) is 1.91. The maximum Gasteiger partial charge on any atom is 0.139 e. The van der Waals surface area contributed by atoms with E-state index in [1.165, 1.54) is 6.07 Å². The molecule has 0 radical (unpaired) electrons. The number of phenols is 2. The SMILES string of the molecule is CN(Cc1cc(Cl)cc(Cl)c1O)c1ccccc1N=Cc1cc(C(C)(C)C)cc(C(C)(C)C)c1O. The Balaban J connectivity index is 2.01. The molecule has 3 aromatic carbocycles. The van der Waals surface area contributed by atoms with E-state index in [-0.39, 0.29) is 27.4 Å². The summed E-state index contributed by atoms with van der Waals surface area (Å²) < 4.78 is 0. The molecule has 0 spiro atoms. The van der Waals surface area contributed by atoms with Gasteiger partial charge in [0.2, 0.25) is 0 Å². The Labute approximate surface area is 218 Å². The van der Waals surface area contributed by atoms with Gasteiger partial charge in [0.05, 0.1) is 16.4 Å². The summed E-state index contributed by atoms with van der Waals surface area (Å²) in [5.74, 6) is 0.265. The first kappa shape index (κ1) is 26.9. The first-order chi connectivity index (χ1) is 16.2. The molecule has 35 heavy (non-hydrogen) atoms. The van der Waals surface area contributed by atoms with Crippen molar-refractivity contribution in [1.29, 1.82) is 0 Å². The monoisotopic (exact) mass is 512 g/mol. The zero-order chi connectivity index (χ0) is 26.1. The topological polar surface area (TPSA) is 56.1 Å². The molecule has 0 heterocycles. The smallest absolute Gasteiger partial charge is 0.139 e. The number of nitrogens with zero attached hydrogens (tertiary/aromatic N) is 2. The molecule has 186 valence electrons. The van der Waals surface area contributed by atoms with Gasteiger partial charge in [-0.1, -0.05) is 82.9 Å². The molecule has 0 amide bonds. The van der Waals surface area contributed by atoms with Crippen molar-refractivity contribution in [3.8, 4) is 11.5 Å². The van der Waals surface area contributed by atoms with Crippen molar-refractivity contribution in [2.45, 2.75) is 58.9 Å². The van der Waals surface area contributed by atoms with Crippen LogP contribution in [-0.4, -0.2) is 23.5 Å². The van der Waals surface area contributed by atoms with E-state index in [1.54, 1.807) is 12.3 Å². The number of aromatic hydroxyl groups is 2. The standard InChI is InChI=1S/C29H34Cl2N2O2/c1-28(2,3)20-12-18(26(34)22(14-20)29(4,5)6)16-32-24-10-8-9-11-25(24)33(7)17-19-13-21(30)15-23(31)27(19)35/h8-16,34-35H,17H2,1-7H3. The van der Waals surface area contributed by atoms with Gasteiger partial charge in [0, 0.05) is 41.5 Å². The molecule has 0 aliphatic carbocycles. The van der Waals surface area contributed by atoms with E-state index in [4.69, 9.17) is 28.2 Å². The number of rotatable bonds is 5. The van der Waals surface area contributed by atoms with Crippen LogP contribution < -0.4 is 4.90 Å². The van der Waals surface area contributed by atoms with E-state index in [1.807, 2.05) is 42.3 Å². The van der Waals surface area contributed by atoms with Gasteiger partial charge in [0.15, 0.2) is 0 Å². The fourth-order valence-corrected chi connectivity index (χ4v) is 4.41. The Hall–Kier alpha value is -2.69. The minimum Gasteiger partial charge on any atom is -0.507 e. The minimum atomic E-state index is -0.216. The van der Waals surface area contributed by atoms with Gasteiger partial charge < -0.3 is 15.1 Å². The van der Waals surface area contributed by atoms with Crippen molar-refractivity contribution in [2.24, 2.45) is 4.99 Å². The normalized spacial score (nSPS) is 12.4. The molecule has 0 saturated carbocycles. The first-order valence-corrected chi connectivity index (χ1v) is 12.3. The lowest BCUT2D eigenvalue weighted by Crippen LogP contribution is -2.17. The molecule has 0 unspecified atom stereocenters. The molecule has 0 saturated heterocycles. The predicted octanol–water partition coefficient (Wildman–Crippen LogP) is 8.39. The van der Waals surface area contributed by atoms with E-state index in [0.29, 0.717) is 22.7 Å². The van der Waals surface area contributed by atoms with Crippen molar-refractivity contribution in [1.82, 2.24) is 0 Å². The number of phenolic OH excluding ortho intramolecular Hbond substituents is 2. The van der Waals surface area contributed by atoms with Crippen LogP contribution in [0.3, 0.4) is 0 Å². The lowest BCUT2D eigenvalue weighted by Gasteiger charge is -2.27. The van der Waals surface area contributed by atoms with E-state index in [9.17, 15) is 10.2 Å². The van der Waals surface area contributed by atoms with Crippen LogP contribution in [0.2, 0.25) is 10.0 Å². The highest BCUT2D eigenvalue weighted by molar-refractivity contribution is 6.35. The third kappa shape index (κ3) is 6.31. The Kier molecular flexibility index (Phi) is 7.78. The van der Waals surface area contributed by atoms with Gasteiger partial charge in [0.25, 0.3) is 0 Å². The van der Waals surface area contributed by atoms with E-state index in [2.05, 4.69) is 47.6 Å². The number of benzene rings is 3. The van der Waals surface area contributed by atoms with Gasteiger partial charge in [-0.3, -0.25) is 4.99 Å². The lowest BCUT2D eigenvalue weighted by molar-refractivity contribution is 0.444. The summed E-state index contributed by atoms with van der Waals surface area (Å²) in [4.78, 5) is 6.74. The predicted molar refractivity (Wildman–Crippen MR) is 149 cm³/mol. The quantitative estimate of drug-likeness (QED) is 0.337. The fourth-order valence-electron chi connectivity index (χ4n) is 3.88. The van der Waals surface area contributed by atoms with Crippen molar-refractivity contribution in [3.63, 3.8) is 0 Å². The summed E-state index contributed by atoms with van der Waals surface area (Å²) in [5.41, 5.74) is 4.64. The van der Waals surface area contributed by atoms with Crippen LogP contribution in [0.4, 0.5) is 11.4 Å². The number of aliphatic imine (C=N–C) groups is 1. The number of para-hydroxylation sites is 2. The van der Waals surface area contributed by atoms with Gasteiger partial charge in [-0.25, -0.2) is 0 Å². The van der Waals surface area contributed by atoms with Crippen LogP contribution in [0.15, 0.2) is 53.5 Å². The van der Waals surface area contributed by atoms with Crippen LogP contribution in [0, 0.1) is 0 Å².